The second-order valence-corrected chi connectivity index (χ2v) is 6.23. The van der Waals surface area contributed by atoms with Crippen LogP contribution in [0.2, 0.25) is 0 Å². The minimum absolute atomic E-state index is 0.138. The fourth-order valence-corrected chi connectivity index (χ4v) is 2.69. The zero-order valence-electron chi connectivity index (χ0n) is 12.5. The summed E-state index contributed by atoms with van der Waals surface area (Å²) in [6.45, 7) is 6.94. The molecule has 1 aromatic carbocycles. The summed E-state index contributed by atoms with van der Waals surface area (Å²) in [7, 11) is 1.70. The van der Waals surface area contributed by atoms with Gasteiger partial charge in [-0.1, -0.05) is 13.8 Å². The third-order valence-electron chi connectivity index (χ3n) is 3.63. The summed E-state index contributed by atoms with van der Waals surface area (Å²) in [6.07, 6.45) is 1.89. The van der Waals surface area contributed by atoms with Gasteiger partial charge in [0.2, 0.25) is 0 Å². The molecule has 1 N–H and O–H groups in total. The van der Waals surface area contributed by atoms with Gasteiger partial charge in [-0.05, 0) is 30.0 Å². The molecule has 0 amide bonds. The monoisotopic (exact) mass is 281 g/mol. The molecule has 1 aliphatic rings. The zero-order chi connectivity index (χ0) is 14.6. The average Bonchev–Trinajstić information content (AvgIpc) is 2.75. The lowest BCUT2D eigenvalue weighted by molar-refractivity contribution is 0.149. The van der Waals surface area contributed by atoms with E-state index >= 15 is 0 Å². The predicted molar refractivity (Wildman–Crippen MR) is 77.7 cm³/mol. The molecular formula is C16H24FNO2. The summed E-state index contributed by atoms with van der Waals surface area (Å²) < 4.78 is 24.1. The molecule has 2 rings (SSSR count). The summed E-state index contributed by atoms with van der Waals surface area (Å²) in [5, 5.41) is 3.39. The van der Waals surface area contributed by atoms with Crippen molar-refractivity contribution in [3.63, 3.8) is 0 Å². The summed E-state index contributed by atoms with van der Waals surface area (Å²) in [5.41, 5.74) is 1.12. The van der Waals surface area contributed by atoms with E-state index in [-0.39, 0.29) is 17.3 Å². The van der Waals surface area contributed by atoms with E-state index in [1.807, 2.05) is 0 Å². The van der Waals surface area contributed by atoms with E-state index in [2.05, 4.69) is 19.2 Å². The van der Waals surface area contributed by atoms with E-state index in [9.17, 15) is 4.39 Å². The van der Waals surface area contributed by atoms with Crippen molar-refractivity contribution in [3.05, 3.63) is 29.6 Å². The Morgan fingerprint density at radius 1 is 1.45 bits per heavy atom. The van der Waals surface area contributed by atoms with Gasteiger partial charge < -0.3 is 14.8 Å². The standard InChI is InChI=1S/C16H24FNO2/c1-16(2,11-18-6-7-19-3)10-14-9-12-8-13(17)4-5-15(12)20-14/h4-5,8,14,18H,6-7,9-11H2,1-3H3. The van der Waals surface area contributed by atoms with E-state index in [0.717, 1.165) is 43.9 Å². The zero-order valence-corrected chi connectivity index (χ0v) is 12.5. The van der Waals surface area contributed by atoms with Gasteiger partial charge in [-0.3, -0.25) is 0 Å². The Bertz CT molecular complexity index is 448. The molecule has 0 bridgehead atoms. The van der Waals surface area contributed by atoms with E-state index in [1.54, 1.807) is 19.2 Å². The summed E-state index contributed by atoms with van der Waals surface area (Å²) in [4.78, 5) is 0. The molecule has 4 heteroatoms. The normalized spacial score (nSPS) is 17.9. The number of methoxy groups -OCH3 is 1. The fraction of sp³-hybridized carbons (Fsp3) is 0.625. The summed E-state index contributed by atoms with van der Waals surface area (Å²) >= 11 is 0. The van der Waals surface area contributed by atoms with Gasteiger partial charge in [-0.15, -0.1) is 0 Å². The number of hydrogen-bond acceptors (Lipinski definition) is 3. The lowest BCUT2D eigenvalue weighted by Crippen LogP contribution is -2.35. The van der Waals surface area contributed by atoms with Crippen LogP contribution in [-0.2, 0) is 11.2 Å². The number of ether oxygens (including phenoxy) is 2. The predicted octanol–water partition coefficient (Wildman–Crippen LogP) is 2.78. The SMILES string of the molecule is COCCNCC(C)(C)CC1Cc2cc(F)ccc2O1. The van der Waals surface area contributed by atoms with Crippen molar-refractivity contribution in [2.45, 2.75) is 32.8 Å². The average molecular weight is 281 g/mol. The number of fused-ring (bicyclic) bond motifs is 1. The van der Waals surface area contributed by atoms with Crippen LogP contribution in [-0.4, -0.2) is 32.9 Å². The lowest BCUT2D eigenvalue weighted by Gasteiger charge is -2.28. The van der Waals surface area contributed by atoms with Crippen molar-refractivity contribution < 1.29 is 13.9 Å². The van der Waals surface area contributed by atoms with Gasteiger partial charge in [0.25, 0.3) is 0 Å². The van der Waals surface area contributed by atoms with Crippen LogP contribution in [0.3, 0.4) is 0 Å². The molecule has 1 heterocycles. The molecule has 0 aliphatic carbocycles. The number of benzene rings is 1. The molecule has 0 radical (unpaired) electrons. The van der Waals surface area contributed by atoms with E-state index in [0.29, 0.717) is 0 Å². The second-order valence-electron chi connectivity index (χ2n) is 6.23. The van der Waals surface area contributed by atoms with Crippen molar-refractivity contribution >= 4 is 0 Å². The maximum absolute atomic E-state index is 13.2. The van der Waals surface area contributed by atoms with Crippen molar-refractivity contribution in [1.29, 1.82) is 0 Å². The van der Waals surface area contributed by atoms with Crippen molar-refractivity contribution in [2.75, 3.05) is 26.8 Å². The number of hydrogen-bond donors (Lipinski definition) is 1. The maximum atomic E-state index is 13.2. The molecular weight excluding hydrogens is 257 g/mol. The molecule has 0 saturated carbocycles. The molecule has 1 atom stereocenters. The second kappa shape index (κ2) is 6.55. The highest BCUT2D eigenvalue weighted by atomic mass is 19.1. The molecule has 0 fully saturated rings. The topological polar surface area (TPSA) is 30.5 Å². The maximum Gasteiger partial charge on any atom is 0.123 e. The summed E-state index contributed by atoms with van der Waals surface area (Å²) in [6, 6.07) is 4.77. The van der Waals surface area contributed by atoms with Gasteiger partial charge in [0.1, 0.15) is 17.7 Å². The first-order valence-corrected chi connectivity index (χ1v) is 7.15. The Kier molecular flexibility index (Phi) is 5.00. The van der Waals surface area contributed by atoms with Gasteiger partial charge in [0.15, 0.2) is 0 Å². The third-order valence-corrected chi connectivity index (χ3v) is 3.63. The minimum atomic E-state index is -0.187. The molecule has 112 valence electrons. The van der Waals surface area contributed by atoms with Gasteiger partial charge in [0.05, 0.1) is 6.61 Å². The Labute approximate surface area is 120 Å². The summed E-state index contributed by atoms with van der Waals surface area (Å²) in [5.74, 6) is 0.646. The van der Waals surface area contributed by atoms with Crippen LogP contribution < -0.4 is 10.1 Å². The molecule has 20 heavy (non-hydrogen) atoms. The van der Waals surface area contributed by atoms with E-state index < -0.39 is 0 Å². The van der Waals surface area contributed by atoms with Crippen LogP contribution in [0.4, 0.5) is 4.39 Å². The minimum Gasteiger partial charge on any atom is -0.490 e. The highest BCUT2D eigenvalue weighted by Crippen LogP contribution is 2.34. The third kappa shape index (κ3) is 4.18. The molecule has 1 unspecified atom stereocenters. The molecule has 0 saturated heterocycles. The first-order chi connectivity index (χ1) is 9.50. The van der Waals surface area contributed by atoms with Crippen LogP contribution in [0.15, 0.2) is 18.2 Å². The van der Waals surface area contributed by atoms with Gasteiger partial charge in [0, 0.05) is 32.2 Å². The van der Waals surface area contributed by atoms with Gasteiger partial charge >= 0.3 is 0 Å². The van der Waals surface area contributed by atoms with Crippen LogP contribution in [0.25, 0.3) is 0 Å². The lowest BCUT2D eigenvalue weighted by atomic mass is 9.85. The van der Waals surface area contributed by atoms with Crippen molar-refractivity contribution in [1.82, 2.24) is 5.32 Å². The first-order valence-electron chi connectivity index (χ1n) is 7.15. The Hall–Kier alpha value is -1.13. The van der Waals surface area contributed by atoms with Crippen LogP contribution in [0.1, 0.15) is 25.8 Å². The Balaban J connectivity index is 1.82. The first kappa shape index (κ1) is 15.3. The van der Waals surface area contributed by atoms with Crippen LogP contribution >= 0.6 is 0 Å². The number of halogens is 1. The fourth-order valence-electron chi connectivity index (χ4n) is 2.69. The molecule has 0 aromatic heterocycles. The van der Waals surface area contributed by atoms with Crippen molar-refractivity contribution in [3.8, 4) is 5.75 Å². The number of rotatable bonds is 7. The van der Waals surface area contributed by atoms with Crippen molar-refractivity contribution in [2.24, 2.45) is 5.41 Å². The quantitative estimate of drug-likeness (QED) is 0.780. The molecule has 1 aromatic rings. The highest BCUT2D eigenvalue weighted by Gasteiger charge is 2.29. The molecule has 0 spiro atoms. The smallest absolute Gasteiger partial charge is 0.123 e. The Morgan fingerprint density at radius 2 is 2.25 bits per heavy atom. The number of nitrogens with one attached hydrogen (secondary N) is 1. The van der Waals surface area contributed by atoms with Crippen LogP contribution in [0, 0.1) is 11.2 Å². The molecule has 3 nitrogen and oxygen atoms in total. The van der Waals surface area contributed by atoms with Crippen LogP contribution in [0.5, 0.6) is 5.75 Å². The van der Waals surface area contributed by atoms with E-state index in [1.165, 1.54) is 6.07 Å². The van der Waals surface area contributed by atoms with Gasteiger partial charge in [-0.25, -0.2) is 4.39 Å². The molecule has 1 aliphatic heterocycles. The Morgan fingerprint density at radius 3 is 3.00 bits per heavy atom. The van der Waals surface area contributed by atoms with Gasteiger partial charge in [-0.2, -0.15) is 0 Å². The van der Waals surface area contributed by atoms with E-state index in [4.69, 9.17) is 9.47 Å². The largest absolute Gasteiger partial charge is 0.490 e. The highest BCUT2D eigenvalue weighted by molar-refractivity contribution is 5.37.